The van der Waals surface area contributed by atoms with E-state index < -0.39 is 6.29 Å². The summed E-state index contributed by atoms with van der Waals surface area (Å²) in [5, 5.41) is 17.1. The number of rotatable bonds is 2. The summed E-state index contributed by atoms with van der Waals surface area (Å²) in [5.41, 5.74) is 0. The van der Waals surface area contributed by atoms with Gasteiger partial charge < -0.3 is 14.9 Å². The van der Waals surface area contributed by atoms with E-state index in [0.29, 0.717) is 6.42 Å². The van der Waals surface area contributed by atoms with Crippen molar-refractivity contribution in [2.24, 2.45) is 0 Å². The highest BCUT2D eigenvalue weighted by molar-refractivity contribution is 4.97. The molecule has 0 aromatic rings. The number of aliphatic hydroxyl groups excluding tert-OH is 1. The highest BCUT2D eigenvalue weighted by Crippen LogP contribution is 2.19. The van der Waals surface area contributed by atoms with E-state index in [1.165, 1.54) is 0 Å². The van der Waals surface area contributed by atoms with Gasteiger partial charge in [-0.1, -0.05) is 0 Å². The molecule has 0 aromatic carbocycles. The molecule has 0 aliphatic carbocycles. The molecule has 1 rings (SSSR count). The molecule has 0 aromatic heterocycles. The first kappa shape index (κ1) is 7.57. The molecule has 2 N–H and O–H groups in total. The quantitative estimate of drug-likeness (QED) is 0.551. The van der Waals surface area contributed by atoms with Crippen molar-refractivity contribution in [1.82, 2.24) is 0 Å². The van der Waals surface area contributed by atoms with Crippen LogP contribution in [0.1, 0.15) is 19.8 Å². The van der Waals surface area contributed by atoms with Gasteiger partial charge in [0.2, 0.25) is 0 Å². The Labute approximate surface area is 59.9 Å². The largest absolute Gasteiger partial charge is 0.495 e. The molecule has 3 heteroatoms. The minimum Gasteiger partial charge on any atom is -0.495 e. The first-order chi connectivity index (χ1) is 4.68. The summed E-state index contributed by atoms with van der Waals surface area (Å²) in [6.45, 7) is 1.86. The van der Waals surface area contributed by atoms with Crippen LogP contribution >= 0.6 is 0 Å². The Kier molecular flexibility index (Phi) is 2.29. The zero-order chi connectivity index (χ0) is 7.56. The zero-order valence-electron chi connectivity index (χ0n) is 5.95. The minimum atomic E-state index is -1.25. The molecule has 1 heterocycles. The molecule has 0 radical (unpaired) electrons. The first-order valence-electron chi connectivity index (χ1n) is 3.38. The summed E-state index contributed by atoms with van der Waals surface area (Å²) in [6, 6.07) is 0. The van der Waals surface area contributed by atoms with Gasteiger partial charge in [-0.15, -0.1) is 0 Å². The Bertz CT molecular complexity index is 140. The molecular formula is C7H12O3. The second-order valence-electron chi connectivity index (χ2n) is 2.51. The number of hydrogen-bond acceptors (Lipinski definition) is 3. The van der Waals surface area contributed by atoms with Gasteiger partial charge in [-0.2, -0.15) is 0 Å². The van der Waals surface area contributed by atoms with Crippen LogP contribution in [0, 0.1) is 0 Å². The highest BCUT2D eigenvalue weighted by Gasteiger charge is 2.17. The monoisotopic (exact) mass is 144 g/mol. The normalized spacial score (nSPS) is 24.8. The standard InChI is InChI=1S/C7H12O3/c1-5-2-3-6(10-5)4-7(8)9/h2,6-9H,3-4H2,1H3. The summed E-state index contributed by atoms with van der Waals surface area (Å²) in [7, 11) is 0. The van der Waals surface area contributed by atoms with Crippen molar-refractivity contribution in [3.8, 4) is 0 Å². The fourth-order valence-corrected chi connectivity index (χ4v) is 1.04. The number of hydrogen-bond donors (Lipinski definition) is 2. The molecule has 10 heavy (non-hydrogen) atoms. The van der Waals surface area contributed by atoms with E-state index in [9.17, 15) is 0 Å². The summed E-state index contributed by atoms with van der Waals surface area (Å²) in [4.78, 5) is 0. The van der Waals surface area contributed by atoms with Gasteiger partial charge >= 0.3 is 0 Å². The second kappa shape index (κ2) is 3.03. The van der Waals surface area contributed by atoms with Crippen LogP contribution < -0.4 is 0 Å². The topological polar surface area (TPSA) is 49.7 Å². The smallest absolute Gasteiger partial charge is 0.154 e. The van der Waals surface area contributed by atoms with Gasteiger partial charge in [0.15, 0.2) is 6.29 Å². The van der Waals surface area contributed by atoms with E-state index >= 15 is 0 Å². The summed E-state index contributed by atoms with van der Waals surface area (Å²) in [6.07, 6.45) is 1.77. The first-order valence-corrected chi connectivity index (χ1v) is 3.38. The van der Waals surface area contributed by atoms with Crippen LogP contribution in [-0.2, 0) is 4.74 Å². The van der Waals surface area contributed by atoms with Crippen LogP contribution in [0.5, 0.6) is 0 Å². The Hall–Kier alpha value is -0.540. The van der Waals surface area contributed by atoms with Gasteiger partial charge in [-0.25, -0.2) is 0 Å². The van der Waals surface area contributed by atoms with E-state index in [1.807, 2.05) is 13.0 Å². The number of ether oxygens (including phenoxy) is 1. The van der Waals surface area contributed by atoms with E-state index in [2.05, 4.69) is 0 Å². The van der Waals surface area contributed by atoms with Gasteiger partial charge in [-0.05, 0) is 13.0 Å². The van der Waals surface area contributed by atoms with Crippen LogP contribution in [0.25, 0.3) is 0 Å². The van der Waals surface area contributed by atoms with Gasteiger partial charge in [0.05, 0.1) is 5.76 Å². The lowest BCUT2D eigenvalue weighted by Crippen LogP contribution is -2.16. The lowest BCUT2D eigenvalue weighted by molar-refractivity contribution is -0.0702. The maximum Gasteiger partial charge on any atom is 0.154 e. The fourth-order valence-electron chi connectivity index (χ4n) is 1.04. The van der Waals surface area contributed by atoms with E-state index in [1.54, 1.807) is 0 Å². The van der Waals surface area contributed by atoms with E-state index in [0.717, 1.165) is 12.2 Å². The summed E-state index contributed by atoms with van der Waals surface area (Å²) < 4.78 is 5.21. The van der Waals surface area contributed by atoms with Gasteiger partial charge in [0.25, 0.3) is 0 Å². The molecular weight excluding hydrogens is 132 g/mol. The maximum atomic E-state index is 8.55. The Morgan fingerprint density at radius 3 is 2.90 bits per heavy atom. The SMILES string of the molecule is CC1=CCC(CC(O)O)O1. The molecule has 1 aliphatic rings. The summed E-state index contributed by atoms with van der Waals surface area (Å²) >= 11 is 0. The molecule has 0 bridgehead atoms. The Balaban J connectivity index is 2.23. The molecule has 0 saturated carbocycles. The third-order valence-corrected chi connectivity index (χ3v) is 1.49. The van der Waals surface area contributed by atoms with Crippen LogP contribution in [0.2, 0.25) is 0 Å². The zero-order valence-corrected chi connectivity index (χ0v) is 5.95. The van der Waals surface area contributed by atoms with Crippen molar-refractivity contribution >= 4 is 0 Å². The van der Waals surface area contributed by atoms with Crippen molar-refractivity contribution in [2.75, 3.05) is 0 Å². The number of aliphatic hydroxyl groups is 2. The van der Waals surface area contributed by atoms with Crippen molar-refractivity contribution < 1.29 is 14.9 Å². The molecule has 0 saturated heterocycles. The molecule has 1 unspecified atom stereocenters. The van der Waals surface area contributed by atoms with Gasteiger partial charge in [-0.3, -0.25) is 0 Å². The summed E-state index contributed by atoms with van der Waals surface area (Å²) in [5.74, 6) is 0.880. The van der Waals surface area contributed by atoms with Crippen molar-refractivity contribution in [1.29, 1.82) is 0 Å². The second-order valence-corrected chi connectivity index (χ2v) is 2.51. The van der Waals surface area contributed by atoms with Gasteiger partial charge in [0.1, 0.15) is 6.10 Å². The van der Waals surface area contributed by atoms with E-state index in [-0.39, 0.29) is 6.10 Å². The van der Waals surface area contributed by atoms with Crippen LogP contribution in [0.4, 0.5) is 0 Å². The predicted molar refractivity (Wildman–Crippen MR) is 36.1 cm³/mol. The average molecular weight is 144 g/mol. The van der Waals surface area contributed by atoms with Crippen LogP contribution in [0.3, 0.4) is 0 Å². The number of allylic oxidation sites excluding steroid dienone is 1. The minimum absolute atomic E-state index is 0.0278. The predicted octanol–water partition coefficient (Wildman–Crippen LogP) is 0.380. The molecule has 0 amide bonds. The van der Waals surface area contributed by atoms with Crippen molar-refractivity contribution in [3.63, 3.8) is 0 Å². The Morgan fingerprint density at radius 2 is 2.50 bits per heavy atom. The molecule has 0 spiro atoms. The highest BCUT2D eigenvalue weighted by atomic mass is 16.5. The average Bonchev–Trinajstić information content (AvgIpc) is 2.13. The van der Waals surface area contributed by atoms with Crippen LogP contribution in [-0.4, -0.2) is 22.6 Å². The third kappa shape index (κ3) is 2.01. The molecule has 1 aliphatic heterocycles. The van der Waals surface area contributed by atoms with E-state index in [4.69, 9.17) is 14.9 Å². The van der Waals surface area contributed by atoms with Crippen LogP contribution in [0.15, 0.2) is 11.8 Å². The maximum absolute atomic E-state index is 8.55. The Morgan fingerprint density at radius 1 is 1.80 bits per heavy atom. The third-order valence-electron chi connectivity index (χ3n) is 1.49. The lowest BCUT2D eigenvalue weighted by Gasteiger charge is -2.12. The molecule has 3 nitrogen and oxygen atoms in total. The molecule has 0 fully saturated rings. The molecule has 1 atom stereocenters. The van der Waals surface area contributed by atoms with Crippen molar-refractivity contribution in [3.05, 3.63) is 11.8 Å². The lowest BCUT2D eigenvalue weighted by atomic mass is 10.2. The fraction of sp³-hybridized carbons (Fsp3) is 0.714. The molecule has 58 valence electrons. The van der Waals surface area contributed by atoms with Gasteiger partial charge in [0, 0.05) is 12.8 Å². The van der Waals surface area contributed by atoms with Crippen molar-refractivity contribution in [2.45, 2.75) is 32.2 Å².